The Kier molecular flexibility index (Phi) is 3.99. The van der Waals surface area contributed by atoms with Gasteiger partial charge in [0.2, 0.25) is 5.88 Å². The first-order valence-electron chi connectivity index (χ1n) is 8.76. The number of imidazole rings is 1. The number of rotatable bonds is 4. The van der Waals surface area contributed by atoms with Crippen LogP contribution in [0, 0.1) is 5.82 Å². The van der Waals surface area contributed by atoms with Gasteiger partial charge in [-0.2, -0.15) is 0 Å². The van der Waals surface area contributed by atoms with Crippen LogP contribution in [0.15, 0.2) is 47.0 Å². The summed E-state index contributed by atoms with van der Waals surface area (Å²) in [6.45, 7) is 2.69. The fourth-order valence-electron chi connectivity index (χ4n) is 3.16. The van der Waals surface area contributed by atoms with E-state index in [4.69, 9.17) is 13.9 Å². The third-order valence-electron chi connectivity index (χ3n) is 4.52. The number of nitrogens with zero attached hydrogens (tertiary/aromatic N) is 3. The normalized spacial score (nSPS) is 17.6. The summed E-state index contributed by atoms with van der Waals surface area (Å²) in [5.41, 5.74) is 1.75. The molecular formula is C19H17FN4O3. The van der Waals surface area contributed by atoms with E-state index in [-0.39, 0.29) is 11.9 Å². The number of nitrogens with one attached hydrogen (secondary N) is 1. The summed E-state index contributed by atoms with van der Waals surface area (Å²) in [6.07, 6.45) is 1.65. The van der Waals surface area contributed by atoms with E-state index in [0.717, 1.165) is 13.1 Å². The van der Waals surface area contributed by atoms with Crippen molar-refractivity contribution in [3.05, 3.63) is 48.4 Å². The van der Waals surface area contributed by atoms with Crippen LogP contribution in [0.5, 0.6) is 5.88 Å². The zero-order chi connectivity index (χ0) is 18.2. The molecule has 0 bridgehead atoms. The van der Waals surface area contributed by atoms with Gasteiger partial charge < -0.3 is 19.2 Å². The first kappa shape index (κ1) is 16.2. The van der Waals surface area contributed by atoms with Gasteiger partial charge in [0.15, 0.2) is 11.4 Å². The quantitative estimate of drug-likeness (QED) is 0.597. The molecule has 0 spiro atoms. The molecule has 7 nitrogen and oxygen atoms in total. The number of fused-ring (bicyclic) bond motifs is 2. The van der Waals surface area contributed by atoms with Gasteiger partial charge in [-0.05, 0) is 24.3 Å². The van der Waals surface area contributed by atoms with Crippen molar-refractivity contribution in [1.82, 2.24) is 19.9 Å². The van der Waals surface area contributed by atoms with Crippen LogP contribution in [0.25, 0.3) is 28.1 Å². The lowest BCUT2D eigenvalue weighted by molar-refractivity contribution is -0.000968. The molecule has 1 atom stereocenters. The van der Waals surface area contributed by atoms with E-state index in [0.29, 0.717) is 47.2 Å². The number of ether oxygens (including phenoxy) is 2. The molecule has 27 heavy (non-hydrogen) atoms. The molecule has 1 saturated heterocycles. The Morgan fingerprint density at radius 2 is 2.26 bits per heavy atom. The minimum atomic E-state index is -0.325. The van der Waals surface area contributed by atoms with Crippen LogP contribution >= 0.6 is 0 Å². The number of benzene rings is 1. The second kappa shape index (κ2) is 6.64. The lowest BCUT2D eigenvalue weighted by Gasteiger charge is -2.23. The predicted molar refractivity (Wildman–Crippen MR) is 96.3 cm³/mol. The number of morpholine rings is 1. The van der Waals surface area contributed by atoms with Crippen LogP contribution in [-0.2, 0) is 4.74 Å². The summed E-state index contributed by atoms with van der Waals surface area (Å²) in [7, 11) is 0. The first-order valence-corrected chi connectivity index (χ1v) is 8.76. The molecule has 0 aliphatic carbocycles. The first-order chi connectivity index (χ1) is 13.3. The van der Waals surface area contributed by atoms with Crippen molar-refractivity contribution >= 4 is 16.6 Å². The fourth-order valence-corrected chi connectivity index (χ4v) is 3.16. The molecule has 0 amide bonds. The molecule has 138 valence electrons. The molecule has 8 heteroatoms. The molecular weight excluding hydrogens is 351 g/mol. The molecule has 1 N–H and O–H groups in total. The minimum Gasteiger partial charge on any atom is -0.474 e. The lowest BCUT2D eigenvalue weighted by Crippen LogP contribution is -2.41. The topological polar surface area (TPSA) is 73.8 Å². The minimum absolute atomic E-state index is 0.00291. The highest BCUT2D eigenvalue weighted by molar-refractivity contribution is 5.83. The molecule has 4 aromatic rings. The van der Waals surface area contributed by atoms with E-state index in [2.05, 4.69) is 15.4 Å². The average molecular weight is 368 g/mol. The van der Waals surface area contributed by atoms with Crippen LogP contribution in [-0.4, -0.2) is 47.0 Å². The van der Waals surface area contributed by atoms with E-state index in [1.807, 2.05) is 6.07 Å². The highest BCUT2D eigenvalue weighted by Crippen LogP contribution is 2.29. The Morgan fingerprint density at radius 1 is 1.30 bits per heavy atom. The number of furan rings is 1. The molecule has 0 unspecified atom stereocenters. The van der Waals surface area contributed by atoms with Crippen LogP contribution in [0.1, 0.15) is 0 Å². The van der Waals surface area contributed by atoms with Gasteiger partial charge in [0.1, 0.15) is 29.8 Å². The van der Waals surface area contributed by atoms with Crippen molar-refractivity contribution in [2.45, 2.75) is 6.10 Å². The SMILES string of the molecule is Fc1cccc2oc(-c3cnc4ccc(OC[C@H]5CNCCO5)nn34)cc12. The number of hydrogen-bond donors (Lipinski definition) is 1. The van der Waals surface area contributed by atoms with Gasteiger partial charge in [-0.15, -0.1) is 5.10 Å². The maximum absolute atomic E-state index is 14.0. The smallest absolute Gasteiger partial charge is 0.231 e. The van der Waals surface area contributed by atoms with E-state index in [1.165, 1.54) is 6.07 Å². The maximum Gasteiger partial charge on any atom is 0.231 e. The van der Waals surface area contributed by atoms with Gasteiger partial charge >= 0.3 is 0 Å². The zero-order valence-corrected chi connectivity index (χ0v) is 14.4. The highest BCUT2D eigenvalue weighted by Gasteiger charge is 2.17. The Hall–Kier alpha value is -2.97. The molecule has 5 rings (SSSR count). The Bertz CT molecular complexity index is 1100. The average Bonchev–Trinajstić information content (AvgIpc) is 3.31. The molecule has 3 aromatic heterocycles. The lowest BCUT2D eigenvalue weighted by atomic mass is 10.2. The monoisotopic (exact) mass is 368 g/mol. The number of hydrogen-bond acceptors (Lipinski definition) is 6. The Labute approximate surface area is 153 Å². The molecule has 0 radical (unpaired) electrons. The predicted octanol–water partition coefficient (Wildman–Crippen LogP) is 2.65. The Balaban J connectivity index is 1.46. The van der Waals surface area contributed by atoms with Crippen molar-refractivity contribution in [1.29, 1.82) is 0 Å². The van der Waals surface area contributed by atoms with Crippen LogP contribution < -0.4 is 10.1 Å². The van der Waals surface area contributed by atoms with E-state index >= 15 is 0 Å². The summed E-state index contributed by atoms with van der Waals surface area (Å²) >= 11 is 0. The zero-order valence-electron chi connectivity index (χ0n) is 14.4. The third kappa shape index (κ3) is 3.02. The van der Waals surface area contributed by atoms with E-state index < -0.39 is 0 Å². The Morgan fingerprint density at radius 3 is 3.11 bits per heavy atom. The molecule has 1 aromatic carbocycles. The second-order valence-corrected chi connectivity index (χ2v) is 6.36. The van der Waals surface area contributed by atoms with Crippen molar-refractivity contribution in [2.24, 2.45) is 0 Å². The van der Waals surface area contributed by atoms with Gasteiger partial charge in [-0.3, -0.25) is 0 Å². The van der Waals surface area contributed by atoms with Crippen LogP contribution in [0.4, 0.5) is 4.39 Å². The van der Waals surface area contributed by atoms with Gasteiger partial charge in [0.05, 0.1) is 18.2 Å². The van der Waals surface area contributed by atoms with E-state index in [9.17, 15) is 4.39 Å². The highest BCUT2D eigenvalue weighted by atomic mass is 19.1. The molecule has 4 heterocycles. The maximum atomic E-state index is 14.0. The summed E-state index contributed by atoms with van der Waals surface area (Å²) in [4.78, 5) is 4.34. The van der Waals surface area contributed by atoms with Crippen LogP contribution in [0.2, 0.25) is 0 Å². The molecule has 1 fully saturated rings. The number of aromatic nitrogens is 3. The largest absolute Gasteiger partial charge is 0.474 e. The van der Waals surface area contributed by atoms with Gasteiger partial charge in [0, 0.05) is 19.2 Å². The summed E-state index contributed by atoms with van der Waals surface area (Å²) < 4.78 is 32.8. The molecule has 1 aliphatic rings. The van der Waals surface area contributed by atoms with Gasteiger partial charge in [-0.25, -0.2) is 13.9 Å². The van der Waals surface area contributed by atoms with Gasteiger partial charge in [-0.1, -0.05) is 6.07 Å². The van der Waals surface area contributed by atoms with Gasteiger partial charge in [0.25, 0.3) is 0 Å². The molecule has 1 aliphatic heterocycles. The van der Waals surface area contributed by atoms with Crippen molar-refractivity contribution < 1.29 is 18.3 Å². The summed E-state index contributed by atoms with van der Waals surface area (Å²) in [6, 6.07) is 9.99. The summed E-state index contributed by atoms with van der Waals surface area (Å²) in [5, 5.41) is 8.18. The second-order valence-electron chi connectivity index (χ2n) is 6.36. The fraction of sp³-hybridized carbons (Fsp3) is 0.263. The molecule has 0 saturated carbocycles. The van der Waals surface area contributed by atoms with Crippen molar-refractivity contribution in [3.8, 4) is 17.3 Å². The third-order valence-corrected chi connectivity index (χ3v) is 4.52. The van der Waals surface area contributed by atoms with Crippen molar-refractivity contribution in [2.75, 3.05) is 26.3 Å². The van der Waals surface area contributed by atoms with Crippen LogP contribution in [0.3, 0.4) is 0 Å². The van der Waals surface area contributed by atoms with Crippen molar-refractivity contribution in [3.63, 3.8) is 0 Å². The number of halogens is 1. The standard InChI is InChI=1S/C19H17FN4O3/c20-14-2-1-3-16-13(14)8-17(27-16)15-10-22-18-4-5-19(23-24(15)18)26-11-12-9-21-6-7-25-12/h1-5,8,10,12,21H,6-7,9,11H2/t12-/m1/s1. The van der Waals surface area contributed by atoms with E-state index in [1.54, 1.807) is 35.0 Å². The summed E-state index contributed by atoms with van der Waals surface area (Å²) in [5.74, 6) is 0.625.